The molecule has 0 aliphatic carbocycles. The van der Waals surface area contributed by atoms with Crippen molar-refractivity contribution >= 4 is 33.2 Å². The van der Waals surface area contributed by atoms with Crippen molar-refractivity contribution in [2.24, 2.45) is 5.14 Å². The van der Waals surface area contributed by atoms with Crippen molar-refractivity contribution in [3.8, 4) is 0 Å². The summed E-state index contributed by atoms with van der Waals surface area (Å²) in [4.78, 5) is 3.74. The van der Waals surface area contributed by atoms with Crippen LogP contribution < -0.4 is 14.9 Å². The van der Waals surface area contributed by atoms with Crippen molar-refractivity contribution in [2.75, 3.05) is 38.0 Å². The van der Waals surface area contributed by atoms with Gasteiger partial charge in [0, 0.05) is 40.0 Å². The molecular weight excluding hydrogens is 422 g/mol. The molecule has 1 aromatic carbocycles. The zero-order chi connectivity index (χ0) is 22.1. The number of hydrogen-bond acceptors (Lipinski definition) is 9. The summed E-state index contributed by atoms with van der Waals surface area (Å²) >= 11 is 1.70. The van der Waals surface area contributed by atoms with Gasteiger partial charge in [-0.3, -0.25) is 0 Å². The number of benzene rings is 1. The first-order valence-electron chi connectivity index (χ1n) is 8.86. The maximum absolute atomic E-state index is 10.9. The fourth-order valence-electron chi connectivity index (χ4n) is 2.11. The first-order chi connectivity index (χ1) is 14.2. The van der Waals surface area contributed by atoms with Gasteiger partial charge in [0.15, 0.2) is 5.03 Å². The molecule has 0 aliphatic rings. The van der Waals surface area contributed by atoms with Gasteiger partial charge in [0.2, 0.25) is 0 Å². The van der Waals surface area contributed by atoms with Crippen LogP contribution in [0.5, 0.6) is 0 Å². The topological polar surface area (TPSA) is 118 Å². The van der Waals surface area contributed by atoms with Gasteiger partial charge in [-0.15, -0.1) is 10.2 Å². The van der Waals surface area contributed by atoms with Gasteiger partial charge in [-0.2, -0.15) is 10.2 Å². The number of sulfonamides is 1. The highest BCUT2D eigenvalue weighted by Gasteiger charge is 2.11. The van der Waals surface area contributed by atoms with Crippen molar-refractivity contribution in [3.63, 3.8) is 0 Å². The number of thioether (sulfide) groups is 1. The summed E-state index contributed by atoms with van der Waals surface area (Å²) in [6, 6.07) is 13.8. The Bertz CT molecular complexity index is 1050. The van der Waals surface area contributed by atoms with Crippen LogP contribution in [-0.4, -0.2) is 57.0 Å². The van der Waals surface area contributed by atoms with Crippen molar-refractivity contribution in [3.05, 3.63) is 60.4 Å². The summed E-state index contributed by atoms with van der Waals surface area (Å²) in [6.45, 7) is 0. The maximum atomic E-state index is 10.9. The molecule has 3 aromatic rings. The molecule has 0 amide bonds. The van der Waals surface area contributed by atoms with Gasteiger partial charge in [-0.1, -0.05) is 42.1 Å². The summed E-state index contributed by atoms with van der Waals surface area (Å²) in [5.74, 6) is 0.923. The van der Waals surface area contributed by atoms with E-state index in [9.17, 15) is 8.42 Å². The van der Waals surface area contributed by atoms with Gasteiger partial charge in [-0.05, 0) is 11.6 Å². The third-order valence-corrected chi connectivity index (χ3v) is 5.54. The number of rotatable bonds is 6. The average Bonchev–Trinajstić information content (AvgIpc) is 2.73. The molecule has 0 bridgehead atoms. The minimum atomic E-state index is -3.76. The fraction of sp³-hybridized carbons (Fsp3) is 0.263. The van der Waals surface area contributed by atoms with Crippen molar-refractivity contribution < 1.29 is 8.42 Å². The van der Waals surface area contributed by atoms with E-state index in [1.54, 1.807) is 37.0 Å². The first kappa shape index (κ1) is 23.5. The quantitative estimate of drug-likeness (QED) is 0.566. The largest absolute Gasteiger partial charge is 0.376 e. The maximum Gasteiger partial charge on any atom is 0.257 e. The van der Waals surface area contributed by atoms with Crippen molar-refractivity contribution in [2.45, 2.75) is 15.8 Å². The van der Waals surface area contributed by atoms with Crippen molar-refractivity contribution in [1.29, 1.82) is 0 Å². The van der Waals surface area contributed by atoms with E-state index in [-0.39, 0.29) is 5.03 Å². The second kappa shape index (κ2) is 10.9. The highest BCUT2D eigenvalue weighted by atomic mass is 32.2. The average molecular weight is 448 g/mol. The second-order valence-corrected chi connectivity index (χ2v) is 9.12. The summed E-state index contributed by atoms with van der Waals surface area (Å²) in [7, 11) is 3.78. The normalized spacial score (nSPS) is 10.7. The number of primary sulfonamides is 1. The third-order valence-electron chi connectivity index (χ3n) is 3.79. The van der Waals surface area contributed by atoms with Crippen LogP contribution in [-0.2, 0) is 15.8 Å². The molecule has 2 N–H and O–H groups in total. The highest BCUT2D eigenvalue weighted by Crippen LogP contribution is 2.22. The Kier molecular flexibility index (Phi) is 8.51. The molecule has 0 saturated heterocycles. The van der Waals surface area contributed by atoms with Crippen LogP contribution in [0.15, 0.2) is 64.9 Å². The summed E-state index contributed by atoms with van der Waals surface area (Å²) < 4.78 is 21.7. The van der Waals surface area contributed by atoms with Gasteiger partial charge < -0.3 is 9.80 Å². The zero-order valence-corrected chi connectivity index (χ0v) is 18.9. The van der Waals surface area contributed by atoms with Gasteiger partial charge in [0.1, 0.15) is 5.03 Å². The van der Waals surface area contributed by atoms with E-state index in [1.165, 1.54) is 17.8 Å². The molecule has 0 atom stereocenters. The molecule has 11 heteroatoms. The number of anilines is 2. The molecule has 160 valence electrons. The lowest BCUT2D eigenvalue weighted by molar-refractivity contribution is 0.592. The Labute approximate surface area is 181 Å². The summed E-state index contributed by atoms with van der Waals surface area (Å²) in [5.41, 5.74) is 3.02. The molecule has 2 heterocycles. The zero-order valence-electron chi connectivity index (χ0n) is 17.3. The lowest BCUT2D eigenvalue weighted by Crippen LogP contribution is -2.16. The Morgan fingerprint density at radius 3 is 2.03 bits per heavy atom. The van der Waals surface area contributed by atoms with Gasteiger partial charge >= 0.3 is 0 Å². The molecular formula is C19H25N7O2S2. The summed E-state index contributed by atoms with van der Waals surface area (Å²) in [6.07, 6.45) is 3.22. The number of hydrogen-bond donors (Lipinski definition) is 1. The van der Waals surface area contributed by atoms with E-state index in [2.05, 4.69) is 50.7 Å². The molecule has 0 fully saturated rings. The Morgan fingerprint density at radius 1 is 0.900 bits per heavy atom. The molecule has 2 aromatic heterocycles. The molecule has 0 saturated carbocycles. The number of nitrogens with zero attached hydrogens (tertiary/aromatic N) is 6. The number of nitrogens with two attached hydrogens (primary N) is 1. The highest BCUT2D eigenvalue weighted by molar-refractivity contribution is 7.98. The minimum absolute atomic E-state index is 0.223. The molecule has 9 nitrogen and oxygen atoms in total. The minimum Gasteiger partial charge on any atom is -0.376 e. The molecule has 3 rings (SSSR count). The predicted octanol–water partition coefficient (Wildman–Crippen LogP) is 2.02. The van der Waals surface area contributed by atoms with Crippen LogP contribution in [0.25, 0.3) is 0 Å². The number of aromatic nitrogens is 4. The van der Waals surface area contributed by atoms with E-state index in [1.807, 2.05) is 25.1 Å². The Balaban J connectivity index is 0.000000222. The monoisotopic (exact) mass is 447 g/mol. The standard InChI is InChI=1S/C13H15N3S.C6H10N4O2S/c1-16(2)12-8-13(15-14-9-12)17-10-11-6-4-3-5-7-11;1-10(2)5-3-6(9-8-4-5)13(7,11)12/h3-9H,10H2,1-2H3;3-4H,1-2H3,(H2,7,11,12). The summed E-state index contributed by atoms with van der Waals surface area (Å²) in [5, 5.41) is 20.7. The SMILES string of the molecule is CN(C)c1cnnc(S(N)(=O)=O)c1.CN(C)c1cnnc(SCc2ccccc2)c1. The molecule has 30 heavy (non-hydrogen) atoms. The van der Waals surface area contributed by atoms with Crippen LogP contribution in [0.4, 0.5) is 11.4 Å². The van der Waals surface area contributed by atoms with Crippen molar-refractivity contribution in [1.82, 2.24) is 20.4 Å². The molecule has 0 unspecified atom stereocenters. The van der Waals surface area contributed by atoms with Gasteiger partial charge in [0.05, 0.1) is 23.8 Å². The van der Waals surface area contributed by atoms with E-state index in [0.717, 1.165) is 16.5 Å². The van der Waals surface area contributed by atoms with Gasteiger partial charge in [-0.25, -0.2) is 13.6 Å². The fourth-order valence-corrected chi connectivity index (χ4v) is 3.37. The Hall–Kier alpha value is -2.76. The smallest absolute Gasteiger partial charge is 0.257 e. The van der Waals surface area contributed by atoms with E-state index < -0.39 is 10.0 Å². The predicted molar refractivity (Wildman–Crippen MR) is 120 cm³/mol. The molecule has 0 spiro atoms. The first-order valence-corrected chi connectivity index (χ1v) is 11.4. The second-order valence-electron chi connectivity index (χ2n) is 6.61. The van der Waals surface area contributed by atoms with Crippen LogP contribution in [0.1, 0.15) is 5.56 Å². The molecule has 0 aliphatic heterocycles. The van der Waals surface area contributed by atoms with E-state index >= 15 is 0 Å². The Morgan fingerprint density at radius 2 is 1.47 bits per heavy atom. The van der Waals surface area contributed by atoms with Crippen LogP contribution in [0.2, 0.25) is 0 Å². The van der Waals surface area contributed by atoms with Crippen LogP contribution in [0, 0.1) is 0 Å². The van der Waals surface area contributed by atoms with Crippen LogP contribution in [0.3, 0.4) is 0 Å². The van der Waals surface area contributed by atoms with E-state index in [0.29, 0.717) is 5.69 Å². The van der Waals surface area contributed by atoms with E-state index in [4.69, 9.17) is 5.14 Å². The molecule has 0 radical (unpaired) electrons. The third kappa shape index (κ3) is 7.58. The van der Waals surface area contributed by atoms with Gasteiger partial charge in [0.25, 0.3) is 10.0 Å². The lowest BCUT2D eigenvalue weighted by Gasteiger charge is -2.11. The lowest BCUT2D eigenvalue weighted by atomic mass is 10.2. The van der Waals surface area contributed by atoms with Crippen LogP contribution >= 0.6 is 11.8 Å².